The summed E-state index contributed by atoms with van der Waals surface area (Å²) in [5, 5.41) is 3.18. The zero-order valence-electron chi connectivity index (χ0n) is 22.0. The quantitative estimate of drug-likeness (QED) is 0.291. The maximum Gasteiger partial charge on any atom is 0.295 e. The van der Waals surface area contributed by atoms with Crippen LogP contribution in [0.15, 0.2) is 40.5 Å². The predicted molar refractivity (Wildman–Crippen MR) is 148 cm³/mol. The lowest BCUT2D eigenvalue weighted by Gasteiger charge is -2.17. The summed E-state index contributed by atoms with van der Waals surface area (Å²) in [6.07, 6.45) is 8.89. The molecule has 4 aromatic rings. The highest BCUT2D eigenvalue weighted by atomic mass is 32.2. The number of aromatic nitrogens is 7. The van der Waals surface area contributed by atoms with Crippen molar-refractivity contribution in [2.45, 2.75) is 62.6 Å². The molecule has 1 saturated heterocycles. The van der Waals surface area contributed by atoms with Crippen molar-refractivity contribution in [3.63, 3.8) is 0 Å². The van der Waals surface area contributed by atoms with Gasteiger partial charge in [-0.3, -0.25) is 14.3 Å². The van der Waals surface area contributed by atoms with Crippen molar-refractivity contribution in [3.8, 4) is 17.3 Å². The van der Waals surface area contributed by atoms with Gasteiger partial charge in [0, 0.05) is 23.6 Å². The smallest absolute Gasteiger partial charge is 0.295 e. The normalized spacial score (nSPS) is 17.0. The average molecular weight is 547 g/mol. The molecular weight excluding hydrogens is 516 g/mol. The minimum absolute atomic E-state index is 0.0681. The summed E-state index contributed by atoms with van der Waals surface area (Å²) >= 11 is 1.74. The minimum atomic E-state index is -0.264. The minimum Gasteiger partial charge on any atom is -0.480 e. The summed E-state index contributed by atoms with van der Waals surface area (Å²) in [4.78, 5) is 42.3. The number of nitrogens with zero attached hydrogens (tertiary/aromatic N) is 7. The van der Waals surface area contributed by atoms with Crippen LogP contribution in [0.2, 0.25) is 0 Å². The first-order valence-electron chi connectivity index (χ1n) is 13.2. The van der Waals surface area contributed by atoms with Gasteiger partial charge in [-0.05, 0) is 43.6 Å². The summed E-state index contributed by atoms with van der Waals surface area (Å²) in [6, 6.07) is 3.99. The van der Waals surface area contributed by atoms with Gasteiger partial charge < -0.3 is 14.8 Å². The van der Waals surface area contributed by atoms with Crippen molar-refractivity contribution in [1.29, 1.82) is 0 Å². The molecule has 1 saturated carbocycles. The van der Waals surface area contributed by atoms with E-state index in [2.05, 4.69) is 37.2 Å². The summed E-state index contributed by atoms with van der Waals surface area (Å²) in [6.45, 7) is 3.54. The van der Waals surface area contributed by atoms with Crippen LogP contribution in [0.25, 0.3) is 22.6 Å². The highest BCUT2D eigenvalue weighted by Gasteiger charge is 2.31. The van der Waals surface area contributed by atoms with Gasteiger partial charge in [0.2, 0.25) is 5.88 Å². The van der Waals surface area contributed by atoms with Crippen LogP contribution in [0, 0.1) is 0 Å². The van der Waals surface area contributed by atoms with Gasteiger partial charge in [-0.2, -0.15) is 0 Å². The first kappa shape index (κ1) is 25.6. The van der Waals surface area contributed by atoms with Gasteiger partial charge >= 0.3 is 0 Å². The third kappa shape index (κ3) is 5.44. The number of anilines is 1. The monoisotopic (exact) mass is 546 g/mol. The fourth-order valence-electron chi connectivity index (χ4n) is 4.79. The van der Waals surface area contributed by atoms with Crippen LogP contribution < -0.4 is 15.6 Å². The van der Waals surface area contributed by atoms with Crippen molar-refractivity contribution in [2.75, 3.05) is 24.8 Å². The second-order valence-corrected chi connectivity index (χ2v) is 10.9. The predicted octanol–water partition coefficient (Wildman–Crippen LogP) is 3.83. The Morgan fingerprint density at radius 3 is 2.74 bits per heavy atom. The van der Waals surface area contributed by atoms with E-state index in [1.807, 2.05) is 18.3 Å². The van der Waals surface area contributed by atoms with Crippen molar-refractivity contribution >= 4 is 28.7 Å². The molecule has 1 unspecified atom stereocenters. The van der Waals surface area contributed by atoms with E-state index in [0.29, 0.717) is 54.0 Å². The van der Waals surface area contributed by atoms with Crippen molar-refractivity contribution < 1.29 is 9.47 Å². The number of thioether (sulfide) groups is 1. The highest BCUT2D eigenvalue weighted by Crippen LogP contribution is 2.44. The van der Waals surface area contributed by atoms with Crippen LogP contribution in [-0.2, 0) is 17.8 Å². The first-order valence-corrected chi connectivity index (χ1v) is 14.2. The maximum absolute atomic E-state index is 13.7. The Morgan fingerprint density at radius 2 is 2.03 bits per heavy atom. The molecule has 2 aliphatic rings. The Labute approximate surface area is 229 Å². The van der Waals surface area contributed by atoms with Gasteiger partial charge in [0.05, 0.1) is 43.9 Å². The number of pyridine rings is 1. The lowest BCUT2D eigenvalue weighted by atomic mass is 10.1. The molecule has 4 aromatic heterocycles. The Balaban J connectivity index is 1.39. The zero-order chi connectivity index (χ0) is 26.8. The molecule has 1 aliphatic carbocycles. The van der Waals surface area contributed by atoms with Crippen LogP contribution in [0.1, 0.15) is 49.9 Å². The Bertz CT molecular complexity index is 1540. The molecule has 0 aromatic carbocycles. The lowest BCUT2D eigenvalue weighted by molar-refractivity contribution is 0.0971. The number of fused-ring (bicyclic) bond motifs is 1. The first-order chi connectivity index (χ1) is 19.1. The fourth-order valence-corrected chi connectivity index (χ4v) is 5.41. The van der Waals surface area contributed by atoms with E-state index in [1.54, 1.807) is 29.6 Å². The third-order valence-electron chi connectivity index (χ3n) is 6.86. The fraction of sp³-hybridized carbons (Fsp3) is 0.444. The van der Waals surface area contributed by atoms with Crippen LogP contribution in [-0.4, -0.2) is 60.0 Å². The van der Waals surface area contributed by atoms with Gasteiger partial charge in [-0.25, -0.2) is 24.9 Å². The molecule has 2 fully saturated rings. The van der Waals surface area contributed by atoms with Gasteiger partial charge in [-0.1, -0.05) is 6.92 Å². The van der Waals surface area contributed by atoms with Crippen LogP contribution in [0.5, 0.6) is 5.88 Å². The third-order valence-corrected chi connectivity index (χ3v) is 7.73. The number of rotatable bonds is 10. The molecular formula is C27H30N8O3S. The van der Waals surface area contributed by atoms with E-state index < -0.39 is 0 Å². The molecule has 11 nitrogen and oxygen atoms in total. The molecule has 39 heavy (non-hydrogen) atoms. The van der Waals surface area contributed by atoms with E-state index >= 15 is 0 Å². The Hall–Kier alpha value is -3.64. The van der Waals surface area contributed by atoms with Crippen LogP contribution in [0.3, 0.4) is 0 Å². The maximum atomic E-state index is 13.7. The van der Waals surface area contributed by atoms with Crippen molar-refractivity contribution in [3.05, 3.63) is 52.6 Å². The van der Waals surface area contributed by atoms with E-state index in [9.17, 15) is 4.79 Å². The number of nitrogens with one attached hydrogen (secondary N) is 1. The average Bonchev–Trinajstić information content (AvgIpc) is 3.69. The van der Waals surface area contributed by atoms with Gasteiger partial charge in [-0.15, -0.1) is 11.8 Å². The largest absolute Gasteiger partial charge is 0.480 e. The molecule has 0 radical (unpaired) electrons. The Kier molecular flexibility index (Phi) is 7.38. The molecule has 0 bridgehead atoms. The molecule has 1 atom stereocenters. The van der Waals surface area contributed by atoms with Crippen molar-refractivity contribution in [2.24, 2.45) is 0 Å². The van der Waals surface area contributed by atoms with E-state index in [0.717, 1.165) is 47.7 Å². The molecule has 0 spiro atoms. The van der Waals surface area contributed by atoms with Gasteiger partial charge in [0.1, 0.15) is 17.4 Å². The number of hydrogen-bond acceptors (Lipinski definition) is 11. The standard InChI is InChI=1S/C27H30N8O3S/c1-3-39-19-9-8-17(28-12-19)11-29-24-27(36)35(14-18-5-4-10-38-18)25-20(33-24)13-30-23(34-25)21-22(16-6-7-16)31-15-32-26(21)37-2/h8-9,12-13,15-16,18H,3-7,10-11,14H2,1-2H3,(H,29,33). The Morgan fingerprint density at radius 1 is 1.13 bits per heavy atom. The molecule has 202 valence electrons. The number of ether oxygens (including phenoxy) is 2. The summed E-state index contributed by atoms with van der Waals surface area (Å²) in [5.41, 5.74) is 3.04. The molecule has 5 heterocycles. The summed E-state index contributed by atoms with van der Waals surface area (Å²) < 4.78 is 13.1. The summed E-state index contributed by atoms with van der Waals surface area (Å²) in [5.74, 6) is 2.38. The second-order valence-electron chi connectivity index (χ2n) is 9.60. The number of hydrogen-bond donors (Lipinski definition) is 1. The second kappa shape index (κ2) is 11.2. The van der Waals surface area contributed by atoms with E-state index in [-0.39, 0.29) is 17.5 Å². The topological polar surface area (TPSA) is 130 Å². The number of methoxy groups -OCH3 is 1. The molecule has 12 heteroatoms. The zero-order valence-corrected chi connectivity index (χ0v) is 22.8. The SMILES string of the molecule is CCSc1ccc(CNc2nc3cnc(-c4c(OC)ncnc4C4CC4)nc3n(CC3CCCO3)c2=O)nc1. The molecule has 0 amide bonds. The molecule has 1 N–H and O–H groups in total. The van der Waals surface area contributed by atoms with Crippen LogP contribution >= 0.6 is 11.8 Å². The summed E-state index contributed by atoms with van der Waals surface area (Å²) in [7, 11) is 1.57. The molecule has 6 rings (SSSR count). The van der Waals surface area contributed by atoms with E-state index in [1.165, 1.54) is 6.33 Å². The van der Waals surface area contributed by atoms with Gasteiger partial charge in [0.25, 0.3) is 5.56 Å². The van der Waals surface area contributed by atoms with Crippen LogP contribution in [0.4, 0.5) is 5.82 Å². The molecule has 1 aliphatic heterocycles. The van der Waals surface area contributed by atoms with Gasteiger partial charge in [0.15, 0.2) is 17.3 Å². The lowest BCUT2D eigenvalue weighted by Crippen LogP contribution is -2.30. The van der Waals surface area contributed by atoms with Crippen molar-refractivity contribution in [1.82, 2.24) is 34.5 Å². The highest BCUT2D eigenvalue weighted by molar-refractivity contribution is 7.99. The van der Waals surface area contributed by atoms with E-state index in [4.69, 9.17) is 14.5 Å².